The second-order valence-corrected chi connectivity index (χ2v) is 8.92. The molecule has 1 saturated carbocycles. The number of aliphatic hydroxyl groups excluding tert-OH is 1. The number of methoxy groups -OCH3 is 2. The number of hydrogen-bond acceptors (Lipinski definition) is 7. The lowest BCUT2D eigenvalue weighted by atomic mass is 10.1. The molecule has 8 nitrogen and oxygen atoms in total. The van der Waals surface area contributed by atoms with Gasteiger partial charge in [0.15, 0.2) is 11.5 Å². The van der Waals surface area contributed by atoms with Crippen LogP contribution in [0.3, 0.4) is 0 Å². The highest BCUT2D eigenvalue weighted by Gasteiger charge is 2.33. The first-order valence-electron chi connectivity index (χ1n) is 12.6. The third kappa shape index (κ3) is 6.19. The topological polar surface area (TPSA) is 78.2 Å². The molecule has 8 heteroatoms. The molecule has 1 aliphatic carbocycles. The van der Waals surface area contributed by atoms with Crippen molar-refractivity contribution < 1.29 is 24.1 Å². The van der Waals surface area contributed by atoms with Crippen molar-refractivity contribution in [2.45, 2.75) is 51.8 Å². The molecule has 2 aromatic carbocycles. The molecule has 1 atom stereocenters. The average molecular weight is 496 g/mol. The molecule has 194 valence electrons. The van der Waals surface area contributed by atoms with Crippen LogP contribution in [0.1, 0.15) is 37.9 Å². The summed E-state index contributed by atoms with van der Waals surface area (Å²) in [4.78, 5) is 2.33. The fourth-order valence-electron chi connectivity index (χ4n) is 4.29. The van der Waals surface area contributed by atoms with Crippen LogP contribution in [0.25, 0.3) is 5.69 Å². The normalized spacial score (nSPS) is 14.2. The summed E-state index contributed by atoms with van der Waals surface area (Å²) in [6, 6.07) is 15.8. The molecule has 0 amide bonds. The van der Waals surface area contributed by atoms with Gasteiger partial charge in [-0.3, -0.25) is 4.90 Å². The van der Waals surface area contributed by atoms with E-state index in [0.29, 0.717) is 49.7 Å². The summed E-state index contributed by atoms with van der Waals surface area (Å²) < 4.78 is 24.8. The van der Waals surface area contributed by atoms with Crippen LogP contribution in [0.2, 0.25) is 0 Å². The van der Waals surface area contributed by atoms with Crippen LogP contribution in [-0.4, -0.2) is 65.9 Å². The van der Waals surface area contributed by atoms with Gasteiger partial charge in [-0.25, -0.2) is 4.68 Å². The minimum Gasteiger partial charge on any atom is -0.497 e. The van der Waals surface area contributed by atoms with E-state index in [0.717, 1.165) is 42.0 Å². The van der Waals surface area contributed by atoms with E-state index in [1.165, 1.54) is 0 Å². The number of ether oxygens (including phenoxy) is 4. The van der Waals surface area contributed by atoms with E-state index >= 15 is 0 Å². The predicted octanol–water partition coefficient (Wildman–Crippen LogP) is 4.61. The molecule has 1 heterocycles. The fourth-order valence-corrected chi connectivity index (χ4v) is 4.29. The molecule has 0 radical (unpaired) electrons. The summed E-state index contributed by atoms with van der Waals surface area (Å²) >= 11 is 0. The lowest BCUT2D eigenvalue weighted by Gasteiger charge is -2.25. The highest BCUT2D eigenvalue weighted by molar-refractivity contribution is 5.48. The Morgan fingerprint density at radius 1 is 1.03 bits per heavy atom. The quantitative estimate of drug-likeness (QED) is 0.350. The Kier molecular flexibility index (Phi) is 8.85. The lowest BCUT2D eigenvalue weighted by molar-refractivity contribution is 0.0177. The van der Waals surface area contributed by atoms with Gasteiger partial charge in [0.05, 0.1) is 43.9 Å². The van der Waals surface area contributed by atoms with E-state index in [1.54, 1.807) is 14.2 Å². The van der Waals surface area contributed by atoms with Gasteiger partial charge in [0.1, 0.15) is 5.75 Å². The Bertz CT molecular complexity index is 1110. The maximum absolute atomic E-state index is 10.6. The van der Waals surface area contributed by atoms with Crippen LogP contribution >= 0.6 is 0 Å². The number of aromatic nitrogens is 2. The van der Waals surface area contributed by atoms with E-state index in [4.69, 9.17) is 24.0 Å². The largest absolute Gasteiger partial charge is 0.497 e. The molecule has 1 unspecified atom stereocenters. The standard InChI is InChI=1S/C28H37N3O5/c1-5-25-24(18-30(20-11-12-20)17-22(32)19-35-6-2)28(36-27-10-8-7-9-26(27)34-4)31(29-25)21-13-15-23(33-3)16-14-21/h7-10,13-16,20,22,32H,5-6,11-12,17-19H2,1-4H3. The van der Waals surface area contributed by atoms with Crippen molar-refractivity contribution in [2.24, 2.45) is 0 Å². The summed E-state index contributed by atoms with van der Waals surface area (Å²) in [6.45, 7) is 6.12. The van der Waals surface area contributed by atoms with E-state index in [2.05, 4.69) is 11.8 Å². The summed E-state index contributed by atoms with van der Waals surface area (Å²) in [7, 11) is 3.29. The first-order chi connectivity index (χ1) is 17.6. The molecule has 0 saturated heterocycles. The van der Waals surface area contributed by atoms with E-state index in [-0.39, 0.29) is 0 Å². The van der Waals surface area contributed by atoms with Crippen molar-refractivity contribution in [3.05, 3.63) is 59.8 Å². The third-order valence-electron chi connectivity index (χ3n) is 6.33. The van der Waals surface area contributed by atoms with E-state index in [1.807, 2.05) is 60.1 Å². The van der Waals surface area contributed by atoms with Gasteiger partial charge in [0.2, 0.25) is 5.88 Å². The Hall–Kier alpha value is -3.07. The molecule has 1 aliphatic rings. The maximum atomic E-state index is 10.6. The number of benzene rings is 2. The fraction of sp³-hybridized carbons (Fsp3) is 0.464. The van der Waals surface area contributed by atoms with Crippen molar-refractivity contribution in [2.75, 3.05) is 34.0 Å². The third-order valence-corrected chi connectivity index (χ3v) is 6.33. The molecule has 1 aromatic heterocycles. The SMILES string of the molecule is CCOCC(O)CN(Cc1c(CC)nn(-c2ccc(OC)cc2)c1Oc1ccccc1OC)C1CC1. The molecule has 3 aromatic rings. The zero-order valence-electron chi connectivity index (χ0n) is 21.6. The van der Waals surface area contributed by atoms with Gasteiger partial charge < -0.3 is 24.1 Å². The number of nitrogens with zero attached hydrogens (tertiary/aromatic N) is 3. The van der Waals surface area contributed by atoms with Gasteiger partial charge >= 0.3 is 0 Å². The summed E-state index contributed by atoms with van der Waals surface area (Å²) in [5.41, 5.74) is 2.84. The number of rotatable bonds is 14. The molecular formula is C28H37N3O5. The van der Waals surface area contributed by atoms with Crippen molar-refractivity contribution in [1.29, 1.82) is 0 Å². The van der Waals surface area contributed by atoms with Crippen molar-refractivity contribution >= 4 is 0 Å². The molecule has 0 aliphatic heterocycles. The van der Waals surface area contributed by atoms with E-state index < -0.39 is 6.10 Å². The van der Waals surface area contributed by atoms with Crippen molar-refractivity contribution in [3.63, 3.8) is 0 Å². The second-order valence-electron chi connectivity index (χ2n) is 8.92. The number of para-hydroxylation sites is 2. The molecule has 4 rings (SSSR count). The Labute approximate surface area is 213 Å². The smallest absolute Gasteiger partial charge is 0.227 e. The van der Waals surface area contributed by atoms with Crippen LogP contribution in [0, 0.1) is 0 Å². The molecule has 0 bridgehead atoms. The van der Waals surface area contributed by atoms with Crippen LogP contribution in [0.4, 0.5) is 0 Å². The molecule has 1 N–H and O–H groups in total. The Balaban J connectivity index is 1.74. The van der Waals surface area contributed by atoms with Gasteiger partial charge in [-0.1, -0.05) is 19.1 Å². The average Bonchev–Trinajstić information content (AvgIpc) is 3.71. The van der Waals surface area contributed by atoms with Crippen LogP contribution < -0.4 is 14.2 Å². The minimum absolute atomic E-state index is 0.329. The zero-order chi connectivity index (χ0) is 25.5. The lowest BCUT2D eigenvalue weighted by Crippen LogP contribution is -2.36. The van der Waals surface area contributed by atoms with Crippen molar-refractivity contribution in [3.8, 4) is 28.8 Å². The number of aryl methyl sites for hydroxylation is 1. The van der Waals surface area contributed by atoms with E-state index in [9.17, 15) is 5.11 Å². The zero-order valence-corrected chi connectivity index (χ0v) is 21.6. The second kappa shape index (κ2) is 12.3. The first kappa shape index (κ1) is 26.0. The number of aliphatic hydroxyl groups is 1. The molecular weight excluding hydrogens is 458 g/mol. The van der Waals surface area contributed by atoms with Crippen LogP contribution in [0.5, 0.6) is 23.1 Å². The minimum atomic E-state index is -0.550. The van der Waals surface area contributed by atoms with Gasteiger partial charge in [-0.15, -0.1) is 0 Å². The predicted molar refractivity (Wildman–Crippen MR) is 138 cm³/mol. The molecule has 1 fully saturated rings. The molecule has 36 heavy (non-hydrogen) atoms. The summed E-state index contributed by atoms with van der Waals surface area (Å²) in [6.07, 6.45) is 2.45. The first-order valence-corrected chi connectivity index (χ1v) is 12.6. The summed E-state index contributed by atoms with van der Waals surface area (Å²) in [5.74, 6) is 2.69. The maximum Gasteiger partial charge on any atom is 0.227 e. The van der Waals surface area contributed by atoms with Gasteiger partial charge in [0, 0.05) is 25.7 Å². The van der Waals surface area contributed by atoms with Gasteiger partial charge in [-0.2, -0.15) is 5.10 Å². The monoisotopic (exact) mass is 495 g/mol. The Morgan fingerprint density at radius 3 is 2.36 bits per heavy atom. The number of hydrogen-bond donors (Lipinski definition) is 1. The summed E-state index contributed by atoms with van der Waals surface area (Å²) in [5, 5.41) is 15.6. The highest BCUT2D eigenvalue weighted by atomic mass is 16.5. The molecule has 0 spiro atoms. The van der Waals surface area contributed by atoms with Crippen LogP contribution in [-0.2, 0) is 17.7 Å². The van der Waals surface area contributed by atoms with Gasteiger partial charge in [0.25, 0.3) is 0 Å². The highest BCUT2D eigenvalue weighted by Crippen LogP contribution is 2.38. The Morgan fingerprint density at radius 2 is 1.75 bits per heavy atom. The van der Waals surface area contributed by atoms with Crippen LogP contribution in [0.15, 0.2) is 48.5 Å². The van der Waals surface area contributed by atoms with Crippen molar-refractivity contribution in [1.82, 2.24) is 14.7 Å². The van der Waals surface area contributed by atoms with Gasteiger partial charge in [-0.05, 0) is 62.6 Å².